The van der Waals surface area contributed by atoms with Crippen LogP contribution in [0.5, 0.6) is 0 Å². The first-order valence-electron chi connectivity index (χ1n) is 10.4. The number of urea groups is 1. The second-order valence-electron chi connectivity index (χ2n) is 7.06. The average Bonchev–Trinajstić information content (AvgIpc) is 3.24. The van der Waals surface area contributed by atoms with Crippen molar-refractivity contribution in [3.8, 4) is 5.69 Å². The first-order valence-corrected chi connectivity index (χ1v) is 11.4. The van der Waals surface area contributed by atoms with Crippen molar-refractivity contribution < 1.29 is 19.2 Å². The van der Waals surface area contributed by atoms with Crippen molar-refractivity contribution in [2.45, 2.75) is 31.3 Å². The number of nitrogens with zero attached hydrogens (tertiary/aromatic N) is 4. The number of carbonyl (C=O) groups is 2. The van der Waals surface area contributed by atoms with Gasteiger partial charge in [-0.1, -0.05) is 36.0 Å². The molecular weight excluding hydrogens is 460 g/mol. The second kappa shape index (κ2) is 11.8. The number of non-ortho nitro benzene ring substituents is 1. The number of thioether (sulfide) groups is 1. The molecule has 3 rings (SSSR count). The van der Waals surface area contributed by atoms with Gasteiger partial charge in [0.05, 0.1) is 18.1 Å². The van der Waals surface area contributed by atoms with Crippen molar-refractivity contribution in [3.63, 3.8) is 0 Å². The number of nitro groups is 1. The van der Waals surface area contributed by atoms with Gasteiger partial charge in [-0.25, -0.2) is 4.79 Å². The van der Waals surface area contributed by atoms with Gasteiger partial charge in [0.2, 0.25) is 0 Å². The number of aromatic nitrogens is 3. The summed E-state index contributed by atoms with van der Waals surface area (Å²) in [6.07, 6.45) is 0. The molecule has 0 saturated carbocycles. The lowest BCUT2D eigenvalue weighted by molar-refractivity contribution is -0.384. The largest absolute Gasteiger partial charge is 0.465 e. The van der Waals surface area contributed by atoms with Crippen LogP contribution >= 0.6 is 11.8 Å². The summed E-state index contributed by atoms with van der Waals surface area (Å²) in [4.78, 5) is 34.1. The van der Waals surface area contributed by atoms with Crippen LogP contribution in [0.4, 0.5) is 10.5 Å². The number of rotatable bonds is 10. The Morgan fingerprint density at radius 2 is 1.85 bits per heavy atom. The van der Waals surface area contributed by atoms with E-state index in [-0.39, 0.29) is 25.4 Å². The Hall–Kier alpha value is -3.93. The minimum absolute atomic E-state index is 0.0174. The third-order valence-electron chi connectivity index (χ3n) is 4.74. The summed E-state index contributed by atoms with van der Waals surface area (Å²) in [5.74, 6) is 0.527. The standard InChI is InChI=1S/C22H24N6O5S/c1-3-33-20(29)13-24-21(30)23-12-19-25-26-22(34-14-16-7-5-4-6-15(16)2)27(19)17-8-10-18(11-9-17)28(31)32/h4-11H,3,12-14H2,1-2H3,(H2,23,24,30). The zero-order chi connectivity index (χ0) is 24.5. The molecular formula is C22H24N6O5S. The summed E-state index contributed by atoms with van der Waals surface area (Å²) in [5.41, 5.74) is 2.87. The van der Waals surface area contributed by atoms with E-state index in [1.807, 2.05) is 31.2 Å². The molecule has 34 heavy (non-hydrogen) atoms. The molecule has 0 unspecified atom stereocenters. The fourth-order valence-corrected chi connectivity index (χ4v) is 4.04. The van der Waals surface area contributed by atoms with Crippen LogP contribution in [0, 0.1) is 17.0 Å². The highest BCUT2D eigenvalue weighted by atomic mass is 32.2. The van der Waals surface area contributed by atoms with Crippen molar-refractivity contribution >= 4 is 29.4 Å². The molecule has 0 aliphatic heterocycles. The van der Waals surface area contributed by atoms with Gasteiger partial charge in [0.1, 0.15) is 6.54 Å². The van der Waals surface area contributed by atoms with Crippen LogP contribution in [0.15, 0.2) is 53.7 Å². The van der Waals surface area contributed by atoms with E-state index in [4.69, 9.17) is 4.74 Å². The Balaban J connectivity index is 1.78. The van der Waals surface area contributed by atoms with Crippen molar-refractivity contribution in [1.29, 1.82) is 0 Å². The third-order valence-corrected chi connectivity index (χ3v) is 5.72. The van der Waals surface area contributed by atoms with Crippen LogP contribution in [0.25, 0.3) is 5.69 Å². The van der Waals surface area contributed by atoms with Crippen molar-refractivity contribution in [1.82, 2.24) is 25.4 Å². The van der Waals surface area contributed by atoms with Crippen LogP contribution < -0.4 is 10.6 Å². The normalized spacial score (nSPS) is 10.5. The molecule has 1 aromatic heterocycles. The molecule has 12 heteroatoms. The van der Waals surface area contributed by atoms with Gasteiger partial charge in [0.25, 0.3) is 5.69 Å². The molecule has 0 radical (unpaired) electrons. The van der Waals surface area contributed by atoms with Gasteiger partial charge in [-0.2, -0.15) is 0 Å². The van der Waals surface area contributed by atoms with E-state index in [0.717, 1.165) is 11.1 Å². The number of ether oxygens (including phenoxy) is 1. The molecule has 3 aromatic rings. The minimum Gasteiger partial charge on any atom is -0.465 e. The molecule has 0 spiro atoms. The molecule has 0 fully saturated rings. The second-order valence-corrected chi connectivity index (χ2v) is 8.01. The van der Waals surface area contributed by atoms with Crippen molar-refractivity contribution in [3.05, 3.63) is 75.6 Å². The lowest BCUT2D eigenvalue weighted by Gasteiger charge is -2.12. The molecule has 2 aromatic carbocycles. The molecule has 2 N–H and O–H groups in total. The van der Waals surface area contributed by atoms with Crippen LogP contribution in [0.3, 0.4) is 0 Å². The number of nitrogens with one attached hydrogen (secondary N) is 2. The number of aryl methyl sites for hydroxylation is 1. The van der Waals surface area contributed by atoms with Gasteiger partial charge < -0.3 is 15.4 Å². The van der Waals surface area contributed by atoms with E-state index in [9.17, 15) is 19.7 Å². The van der Waals surface area contributed by atoms with Gasteiger partial charge in [-0.3, -0.25) is 19.5 Å². The van der Waals surface area contributed by atoms with Gasteiger partial charge in [-0.15, -0.1) is 10.2 Å². The first kappa shape index (κ1) is 24.7. The highest BCUT2D eigenvalue weighted by Crippen LogP contribution is 2.27. The van der Waals surface area contributed by atoms with E-state index in [2.05, 4.69) is 20.8 Å². The lowest BCUT2D eigenvalue weighted by atomic mass is 10.1. The van der Waals surface area contributed by atoms with E-state index < -0.39 is 16.9 Å². The Morgan fingerprint density at radius 3 is 2.53 bits per heavy atom. The van der Waals surface area contributed by atoms with Crippen molar-refractivity contribution in [2.75, 3.05) is 13.2 Å². The average molecular weight is 485 g/mol. The van der Waals surface area contributed by atoms with E-state index >= 15 is 0 Å². The summed E-state index contributed by atoms with van der Waals surface area (Å²) in [6, 6.07) is 13.4. The first-order chi connectivity index (χ1) is 16.4. The maximum absolute atomic E-state index is 12.1. The summed E-state index contributed by atoms with van der Waals surface area (Å²) in [5, 5.41) is 25.1. The van der Waals surface area contributed by atoms with Gasteiger partial charge >= 0.3 is 12.0 Å². The Bertz CT molecular complexity index is 1160. The molecule has 0 aliphatic rings. The number of hydrogen-bond donors (Lipinski definition) is 2. The molecule has 1 heterocycles. The summed E-state index contributed by atoms with van der Waals surface area (Å²) < 4.78 is 6.51. The highest BCUT2D eigenvalue weighted by Gasteiger charge is 2.17. The summed E-state index contributed by atoms with van der Waals surface area (Å²) in [6.45, 7) is 3.69. The number of amides is 2. The SMILES string of the molecule is CCOC(=O)CNC(=O)NCc1nnc(SCc2ccccc2C)n1-c1ccc([N+](=O)[O-])cc1. The lowest BCUT2D eigenvalue weighted by Crippen LogP contribution is -2.39. The Kier molecular flexibility index (Phi) is 8.57. The monoisotopic (exact) mass is 484 g/mol. The molecule has 0 atom stereocenters. The molecule has 0 saturated heterocycles. The van der Waals surface area contributed by atoms with Crippen LogP contribution in [-0.4, -0.2) is 44.8 Å². The van der Waals surface area contributed by atoms with Crippen LogP contribution in [0.2, 0.25) is 0 Å². The molecule has 11 nitrogen and oxygen atoms in total. The topological polar surface area (TPSA) is 141 Å². The Morgan fingerprint density at radius 1 is 1.12 bits per heavy atom. The van der Waals surface area contributed by atoms with E-state index in [0.29, 0.717) is 22.4 Å². The predicted octanol–water partition coefficient (Wildman–Crippen LogP) is 3.14. The molecule has 178 valence electrons. The number of nitro benzene ring substituents is 1. The van der Waals surface area contributed by atoms with Crippen molar-refractivity contribution in [2.24, 2.45) is 0 Å². The van der Waals surface area contributed by atoms with Gasteiger partial charge in [0, 0.05) is 23.6 Å². The fraction of sp³-hybridized carbons (Fsp3) is 0.273. The quantitative estimate of drug-likeness (QED) is 0.193. The van der Waals surface area contributed by atoms with E-state index in [1.165, 1.54) is 23.9 Å². The highest BCUT2D eigenvalue weighted by molar-refractivity contribution is 7.98. The van der Waals surface area contributed by atoms with E-state index in [1.54, 1.807) is 23.6 Å². The summed E-state index contributed by atoms with van der Waals surface area (Å²) in [7, 11) is 0. The number of benzene rings is 2. The van der Waals surface area contributed by atoms with Crippen LogP contribution in [-0.2, 0) is 21.8 Å². The minimum atomic E-state index is -0.569. The Labute approximate surface area is 200 Å². The maximum Gasteiger partial charge on any atom is 0.325 e. The van der Waals surface area contributed by atoms with Crippen LogP contribution in [0.1, 0.15) is 23.9 Å². The number of hydrogen-bond acceptors (Lipinski definition) is 8. The number of esters is 1. The predicted molar refractivity (Wildman–Crippen MR) is 126 cm³/mol. The molecule has 2 amide bonds. The molecule has 0 bridgehead atoms. The smallest absolute Gasteiger partial charge is 0.325 e. The zero-order valence-electron chi connectivity index (χ0n) is 18.7. The fourth-order valence-electron chi connectivity index (χ4n) is 2.99. The third kappa shape index (κ3) is 6.54. The number of carbonyl (C=O) groups excluding carboxylic acids is 2. The van der Waals surface area contributed by atoms with Gasteiger partial charge in [-0.05, 0) is 37.1 Å². The molecule has 0 aliphatic carbocycles. The maximum atomic E-state index is 12.1. The van der Waals surface area contributed by atoms with Gasteiger partial charge in [0.15, 0.2) is 11.0 Å². The summed E-state index contributed by atoms with van der Waals surface area (Å²) >= 11 is 1.46. The zero-order valence-corrected chi connectivity index (χ0v) is 19.5.